The van der Waals surface area contributed by atoms with Crippen molar-refractivity contribution in [1.29, 1.82) is 0 Å². The van der Waals surface area contributed by atoms with E-state index in [2.05, 4.69) is 28.9 Å². The molecular weight excluding hydrogens is 420 g/mol. The number of rotatable bonds is 8. The molecule has 4 aromatic rings. The van der Waals surface area contributed by atoms with Gasteiger partial charge in [0.15, 0.2) is 0 Å². The molecule has 3 aromatic carbocycles. The summed E-state index contributed by atoms with van der Waals surface area (Å²) in [4.78, 5) is 13.2. The highest BCUT2D eigenvalue weighted by atomic mass is 35.5. The van der Waals surface area contributed by atoms with Gasteiger partial charge in [-0.3, -0.25) is 4.79 Å². The fourth-order valence-corrected chi connectivity index (χ4v) is 4.02. The number of aryl methyl sites for hydroxylation is 2. The maximum absolute atomic E-state index is 13.2. The smallest absolute Gasteiger partial charge is 0.272 e. The molecule has 0 bridgehead atoms. The molecule has 0 unspecified atom stereocenters. The summed E-state index contributed by atoms with van der Waals surface area (Å²) in [6.45, 7) is 5.47. The second kappa shape index (κ2) is 9.92. The van der Waals surface area contributed by atoms with Crippen molar-refractivity contribution in [2.24, 2.45) is 0 Å². The molecule has 0 radical (unpaired) electrons. The van der Waals surface area contributed by atoms with E-state index in [1.165, 1.54) is 0 Å². The third-order valence-electron chi connectivity index (χ3n) is 5.61. The first-order valence-corrected chi connectivity index (χ1v) is 11.3. The van der Waals surface area contributed by atoms with E-state index in [1.54, 1.807) is 0 Å². The van der Waals surface area contributed by atoms with Crippen LogP contribution in [-0.4, -0.2) is 10.5 Å². The minimum Gasteiger partial charge on any atom is -0.489 e. The zero-order valence-corrected chi connectivity index (χ0v) is 19.2. The highest BCUT2D eigenvalue weighted by Crippen LogP contribution is 2.27. The highest BCUT2D eigenvalue weighted by molar-refractivity contribution is 6.30. The van der Waals surface area contributed by atoms with Crippen molar-refractivity contribution in [3.63, 3.8) is 0 Å². The van der Waals surface area contributed by atoms with Gasteiger partial charge in [-0.15, -0.1) is 0 Å². The van der Waals surface area contributed by atoms with Crippen molar-refractivity contribution >= 4 is 34.1 Å². The number of amides is 1. The molecule has 0 spiro atoms. The number of hydrogen-bond donors (Lipinski definition) is 1. The summed E-state index contributed by atoms with van der Waals surface area (Å²) in [7, 11) is 0. The topological polar surface area (TPSA) is 43.3 Å². The molecule has 5 heteroatoms. The molecule has 0 aliphatic carbocycles. The summed E-state index contributed by atoms with van der Waals surface area (Å²) in [6, 6.07) is 23.2. The normalized spacial score (nSPS) is 11.0. The van der Waals surface area contributed by atoms with Crippen molar-refractivity contribution in [2.75, 3.05) is 5.32 Å². The lowest BCUT2D eigenvalue weighted by Crippen LogP contribution is -2.18. The number of benzene rings is 3. The van der Waals surface area contributed by atoms with Crippen LogP contribution < -0.4 is 10.1 Å². The van der Waals surface area contributed by atoms with E-state index >= 15 is 0 Å². The summed E-state index contributed by atoms with van der Waals surface area (Å²) in [5.41, 5.74) is 4.62. The Kier molecular flexibility index (Phi) is 6.81. The summed E-state index contributed by atoms with van der Waals surface area (Å²) >= 11 is 5.92. The zero-order valence-electron chi connectivity index (χ0n) is 18.4. The predicted molar refractivity (Wildman–Crippen MR) is 132 cm³/mol. The summed E-state index contributed by atoms with van der Waals surface area (Å²) in [5.74, 6) is 0.649. The third kappa shape index (κ3) is 4.81. The van der Waals surface area contributed by atoms with Crippen LogP contribution in [0, 0.1) is 6.92 Å². The van der Waals surface area contributed by atoms with Crippen LogP contribution in [0.5, 0.6) is 5.75 Å². The molecule has 164 valence electrons. The van der Waals surface area contributed by atoms with Gasteiger partial charge in [-0.05, 0) is 66.9 Å². The maximum Gasteiger partial charge on any atom is 0.272 e. The Morgan fingerprint density at radius 3 is 2.44 bits per heavy atom. The molecule has 1 amide bonds. The van der Waals surface area contributed by atoms with Gasteiger partial charge >= 0.3 is 0 Å². The number of carbonyl (C=O) groups excluding carboxylic acids is 1. The molecule has 4 nitrogen and oxygen atoms in total. The fourth-order valence-electron chi connectivity index (χ4n) is 3.89. The van der Waals surface area contributed by atoms with E-state index in [1.807, 2.05) is 67.6 Å². The Hall–Kier alpha value is -3.24. The number of nitrogens with one attached hydrogen (secondary N) is 1. The first-order chi connectivity index (χ1) is 15.6. The fraction of sp³-hybridized carbons (Fsp3) is 0.222. The van der Waals surface area contributed by atoms with Crippen molar-refractivity contribution in [3.05, 3.63) is 94.6 Å². The lowest BCUT2D eigenvalue weighted by Gasteiger charge is -2.12. The predicted octanol–water partition coefficient (Wildman–Crippen LogP) is 7.23. The van der Waals surface area contributed by atoms with E-state index in [-0.39, 0.29) is 5.91 Å². The minimum atomic E-state index is -0.0929. The van der Waals surface area contributed by atoms with Crippen LogP contribution in [0.4, 0.5) is 5.69 Å². The Labute approximate surface area is 193 Å². The average molecular weight is 447 g/mol. The molecule has 0 saturated heterocycles. The van der Waals surface area contributed by atoms with Crippen LogP contribution in [0.3, 0.4) is 0 Å². The van der Waals surface area contributed by atoms with Gasteiger partial charge in [0.05, 0.1) is 0 Å². The third-order valence-corrected chi connectivity index (χ3v) is 5.86. The van der Waals surface area contributed by atoms with Gasteiger partial charge in [-0.1, -0.05) is 55.3 Å². The molecule has 0 aliphatic rings. The second-order valence-corrected chi connectivity index (χ2v) is 8.33. The first-order valence-electron chi connectivity index (χ1n) is 10.9. The molecule has 1 aromatic heterocycles. The number of unbranched alkanes of at least 4 members (excludes halogenated alkanes) is 1. The first kappa shape index (κ1) is 22.0. The second-order valence-electron chi connectivity index (χ2n) is 7.89. The SMILES string of the molecule is CCCCn1c(C(=O)Nc2ccc(OCc3ccc(Cl)cc3)cc2)c(C)c2ccccc21. The van der Waals surface area contributed by atoms with Gasteiger partial charge in [-0.2, -0.15) is 0 Å². The van der Waals surface area contributed by atoms with Crippen molar-refractivity contribution < 1.29 is 9.53 Å². The molecule has 1 heterocycles. The van der Waals surface area contributed by atoms with E-state index in [9.17, 15) is 4.79 Å². The summed E-state index contributed by atoms with van der Waals surface area (Å²) < 4.78 is 7.98. The minimum absolute atomic E-state index is 0.0929. The van der Waals surface area contributed by atoms with Crippen LogP contribution in [-0.2, 0) is 13.2 Å². The van der Waals surface area contributed by atoms with E-state index in [0.717, 1.165) is 58.5 Å². The van der Waals surface area contributed by atoms with Crippen molar-refractivity contribution in [3.8, 4) is 5.75 Å². The van der Waals surface area contributed by atoms with Crippen molar-refractivity contribution in [1.82, 2.24) is 4.57 Å². The molecule has 0 aliphatic heterocycles. The monoisotopic (exact) mass is 446 g/mol. The van der Waals surface area contributed by atoms with Gasteiger partial charge in [-0.25, -0.2) is 0 Å². The number of halogens is 1. The number of nitrogens with zero attached hydrogens (tertiary/aromatic N) is 1. The summed E-state index contributed by atoms with van der Waals surface area (Å²) in [6.07, 6.45) is 2.10. The number of carbonyl (C=O) groups is 1. The molecular formula is C27H27ClN2O2. The number of aromatic nitrogens is 1. The van der Waals surface area contributed by atoms with E-state index < -0.39 is 0 Å². The van der Waals surface area contributed by atoms with Gasteiger partial charge in [0, 0.05) is 28.2 Å². The number of fused-ring (bicyclic) bond motifs is 1. The average Bonchev–Trinajstić information content (AvgIpc) is 3.10. The Balaban J connectivity index is 1.48. The van der Waals surface area contributed by atoms with Crippen LogP contribution in [0.15, 0.2) is 72.8 Å². The van der Waals surface area contributed by atoms with E-state index in [4.69, 9.17) is 16.3 Å². The molecule has 0 atom stereocenters. The van der Waals surface area contributed by atoms with Gasteiger partial charge in [0.25, 0.3) is 5.91 Å². The van der Waals surface area contributed by atoms with Crippen LogP contribution in [0.2, 0.25) is 5.02 Å². The standard InChI is InChI=1S/C27H27ClN2O2/c1-3-4-17-30-25-8-6-5-7-24(25)19(2)26(30)27(31)29-22-13-15-23(16-14-22)32-18-20-9-11-21(28)12-10-20/h5-16H,3-4,17-18H2,1-2H3,(H,29,31). The number of hydrogen-bond acceptors (Lipinski definition) is 2. The van der Waals surface area contributed by atoms with Gasteiger partial charge in [0.1, 0.15) is 18.1 Å². The zero-order chi connectivity index (χ0) is 22.5. The number of anilines is 1. The van der Waals surface area contributed by atoms with Crippen molar-refractivity contribution in [2.45, 2.75) is 39.8 Å². The largest absolute Gasteiger partial charge is 0.489 e. The van der Waals surface area contributed by atoms with Gasteiger partial charge < -0.3 is 14.6 Å². The molecule has 32 heavy (non-hydrogen) atoms. The Morgan fingerprint density at radius 2 is 1.72 bits per heavy atom. The van der Waals surface area contributed by atoms with Crippen LogP contribution in [0.1, 0.15) is 41.4 Å². The molecule has 0 saturated carbocycles. The lowest BCUT2D eigenvalue weighted by atomic mass is 10.1. The van der Waals surface area contributed by atoms with Gasteiger partial charge in [0.2, 0.25) is 0 Å². The Bertz CT molecular complexity index is 1210. The molecule has 4 rings (SSSR count). The van der Waals surface area contributed by atoms with Crippen LogP contribution >= 0.6 is 11.6 Å². The molecule has 0 fully saturated rings. The number of para-hydroxylation sites is 1. The van der Waals surface area contributed by atoms with E-state index in [0.29, 0.717) is 11.6 Å². The maximum atomic E-state index is 13.2. The molecule has 1 N–H and O–H groups in total. The quantitative estimate of drug-likeness (QED) is 0.310. The van der Waals surface area contributed by atoms with Crippen LogP contribution in [0.25, 0.3) is 10.9 Å². The highest BCUT2D eigenvalue weighted by Gasteiger charge is 2.20. The lowest BCUT2D eigenvalue weighted by molar-refractivity contribution is 0.101. The summed E-state index contributed by atoms with van der Waals surface area (Å²) in [5, 5.41) is 4.89. The number of ether oxygens (including phenoxy) is 1. The Morgan fingerprint density at radius 1 is 1.00 bits per heavy atom.